The van der Waals surface area contributed by atoms with Crippen LogP contribution >= 0.6 is 0 Å². The lowest BCUT2D eigenvalue weighted by molar-refractivity contribution is 0.321. The summed E-state index contributed by atoms with van der Waals surface area (Å²) < 4.78 is 15.7. The third-order valence-corrected chi connectivity index (χ3v) is 2.46. The Labute approximate surface area is 101 Å². The SMILES string of the molecule is CNC(C#N)c1ccc(OC)c(OC)c1OC. The van der Waals surface area contributed by atoms with E-state index in [1.807, 2.05) is 0 Å². The fraction of sp³-hybridized carbons (Fsp3) is 0.417. The lowest BCUT2D eigenvalue weighted by Crippen LogP contribution is -2.15. The first-order valence-corrected chi connectivity index (χ1v) is 5.09. The predicted octanol–water partition coefficient (Wildman–Crippen LogP) is 1.50. The first-order valence-electron chi connectivity index (χ1n) is 5.09. The molecule has 0 aliphatic carbocycles. The van der Waals surface area contributed by atoms with Crippen LogP contribution < -0.4 is 19.5 Å². The van der Waals surface area contributed by atoms with Gasteiger partial charge in [0.2, 0.25) is 5.75 Å². The Morgan fingerprint density at radius 1 is 1.12 bits per heavy atom. The molecule has 92 valence electrons. The summed E-state index contributed by atoms with van der Waals surface area (Å²) in [5.74, 6) is 1.57. The van der Waals surface area contributed by atoms with Gasteiger partial charge in [0.25, 0.3) is 0 Å². The average molecular weight is 236 g/mol. The summed E-state index contributed by atoms with van der Waals surface area (Å²) in [6.45, 7) is 0. The average Bonchev–Trinajstić information content (AvgIpc) is 2.39. The number of hydrogen-bond acceptors (Lipinski definition) is 5. The Morgan fingerprint density at radius 3 is 2.18 bits per heavy atom. The Balaban J connectivity index is 3.38. The van der Waals surface area contributed by atoms with Gasteiger partial charge in [-0.1, -0.05) is 0 Å². The van der Waals surface area contributed by atoms with Crippen molar-refractivity contribution in [3.8, 4) is 23.3 Å². The molecule has 1 aromatic carbocycles. The van der Waals surface area contributed by atoms with E-state index in [1.54, 1.807) is 26.3 Å². The minimum absolute atomic E-state index is 0.454. The van der Waals surface area contributed by atoms with Gasteiger partial charge in [0.05, 0.1) is 27.4 Å². The molecule has 0 bridgehead atoms. The molecule has 0 aliphatic rings. The number of nitriles is 1. The zero-order valence-corrected chi connectivity index (χ0v) is 10.4. The summed E-state index contributed by atoms with van der Waals surface area (Å²) in [5.41, 5.74) is 0.718. The molecule has 0 saturated carbocycles. The third kappa shape index (κ3) is 2.43. The summed E-state index contributed by atoms with van der Waals surface area (Å²) in [4.78, 5) is 0. The Morgan fingerprint density at radius 2 is 1.76 bits per heavy atom. The second kappa shape index (κ2) is 5.97. The molecule has 0 amide bonds. The topological polar surface area (TPSA) is 63.5 Å². The number of nitrogens with zero attached hydrogens (tertiary/aromatic N) is 1. The molecule has 0 heterocycles. The highest BCUT2D eigenvalue weighted by Gasteiger charge is 2.20. The quantitative estimate of drug-likeness (QED) is 0.839. The van der Waals surface area contributed by atoms with E-state index in [4.69, 9.17) is 19.5 Å². The minimum atomic E-state index is -0.454. The molecule has 1 N–H and O–H groups in total. The van der Waals surface area contributed by atoms with Crippen LogP contribution in [0.3, 0.4) is 0 Å². The Hall–Kier alpha value is -1.93. The maximum atomic E-state index is 9.05. The van der Waals surface area contributed by atoms with Crippen molar-refractivity contribution in [2.75, 3.05) is 28.4 Å². The summed E-state index contributed by atoms with van der Waals surface area (Å²) in [6, 6.07) is 5.22. The van der Waals surface area contributed by atoms with Gasteiger partial charge in [0, 0.05) is 5.56 Å². The molecule has 5 nitrogen and oxygen atoms in total. The van der Waals surface area contributed by atoms with E-state index in [9.17, 15) is 0 Å². The molecule has 0 radical (unpaired) electrons. The number of nitrogens with one attached hydrogen (secondary N) is 1. The van der Waals surface area contributed by atoms with Gasteiger partial charge in [-0.25, -0.2) is 0 Å². The van der Waals surface area contributed by atoms with E-state index in [1.165, 1.54) is 14.2 Å². The Kier molecular flexibility index (Phi) is 4.61. The van der Waals surface area contributed by atoms with Crippen LogP contribution in [-0.2, 0) is 0 Å². The number of methoxy groups -OCH3 is 3. The van der Waals surface area contributed by atoms with Crippen molar-refractivity contribution in [2.45, 2.75) is 6.04 Å². The van der Waals surface area contributed by atoms with Crippen LogP contribution in [0.2, 0.25) is 0 Å². The summed E-state index contributed by atoms with van der Waals surface area (Å²) >= 11 is 0. The lowest BCUT2D eigenvalue weighted by atomic mass is 10.1. The predicted molar refractivity (Wildman–Crippen MR) is 63.5 cm³/mol. The van der Waals surface area contributed by atoms with Crippen molar-refractivity contribution < 1.29 is 14.2 Å². The van der Waals surface area contributed by atoms with Crippen LogP contribution in [0.15, 0.2) is 12.1 Å². The zero-order chi connectivity index (χ0) is 12.8. The van der Waals surface area contributed by atoms with Crippen LogP contribution in [-0.4, -0.2) is 28.4 Å². The molecule has 1 rings (SSSR count). The van der Waals surface area contributed by atoms with E-state index >= 15 is 0 Å². The summed E-state index contributed by atoms with van der Waals surface area (Å²) in [5, 5.41) is 11.9. The number of ether oxygens (including phenoxy) is 3. The zero-order valence-electron chi connectivity index (χ0n) is 10.4. The second-order valence-corrected chi connectivity index (χ2v) is 3.27. The van der Waals surface area contributed by atoms with Crippen molar-refractivity contribution in [1.29, 1.82) is 5.26 Å². The maximum Gasteiger partial charge on any atom is 0.203 e. The van der Waals surface area contributed by atoms with Gasteiger partial charge in [-0.15, -0.1) is 0 Å². The second-order valence-electron chi connectivity index (χ2n) is 3.27. The molecule has 1 atom stereocenters. The summed E-state index contributed by atoms with van der Waals surface area (Å²) in [7, 11) is 6.33. The molecule has 0 aliphatic heterocycles. The highest BCUT2D eigenvalue weighted by atomic mass is 16.5. The maximum absolute atomic E-state index is 9.05. The van der Waals surface area contributed by atoms with Crippen LogP contribution in [0.4, 0.5) is 0 Å². The monoisotopic (exact) mass is 236 g/mol. The van der Waals surface area contributed by atoms with E-state index in [0.717, 1.165) is 5.56 Å². The normalized spacial score (nSPS) is 11.5. The van der Waals surface area contributed by atoms with Gasteiger partial charge in [0.15, 0.2) is 11.5 Å². The van der Waals surface area contributed by atoms with Crippen molar-refractivity contribution in [3.63, 3.8) is 0 Å². The number of benzene rings is 1. The van der Waals surface area contributed by atoms with E-state index in [0.29, 0.717) is 17.2 Å². The molecule has 0 spiro atoms. The van der Waals surface area contributed by atoms with Crippen LogP contribution in [0.5, 0.6) is 17.2 Å². The van der Waals surface area contributed by atoms with Crippen molar-refractivity contribution in [1.82, 2.24) is 5.32 Å². The standard InChI is InChI=1S/C12H16N2O3/c1-14-9(7-13)8-5-6-10(15-2)12(17-4)11(8)16-3/h5-6,9,14H,1-4H3. The smallest absolute Gasteiger partial charge is 0.203 e. The largest absolute Gasteiger partial charge is 0.493 e. The van der Waals surface area contributed by atoms with Crippen LogP contribution in [0.1, 0.15) is 11.6 Å². The van der Waals surface area contributed by atoms with Crippen molar-refractivity contribution >= 4 is 0 Å². The number of rotatable bonds is 5. The van der Waals surface area contributed by atoms with E-state index < -0.39 is 6.04 Å². The fourth-order valence-corrected chi connectivity index (χ4v) is 1.64. The first kappa shape index (κ1) is 13.1. The molecular formula is C12H16N2O3. The fourth-order valence-electron chi connectivity index (χ4n) is 1.64. The van der Waals surface area contributed by atoms with Gasteiger partial charge in [-0.3, -0.25) is 0 Å². The molecule has 0 aromatic heterocycles. The highest BCUT2D eigenvalue weighted by Crippen LogP contribution is 2.41. The lowest BCUT2D eigenvalue weighted by Gasteiger charge is -2.17. The molecule has 1 unspecified atom stereocenters. The highest BCUT2D eigenvalue weighted by molar-refractivity contribution is 5.57. The van der Waals surface area contributed by atoms with Crippen molar-refractivity contribution in [2.24, 2.45) is 0 Å². The van der Waals surface area contributed by atoms with Gasteiger partial charge >= 0.3 is 0 Å². The van der Waals surface area contributed by atoms with E-state index in [2.05, 4.69) is 11.4 Å². The minimum Gasteiger partial charge on any atom is -0.493 e. The van der Waals surface area contributed by atoms with Gasteiger partial charge < -0.3 is 19.5 Å². The molecule has 1 aromatic rings. The third-order valence-electron chi connectivity index (χ3n) is 2.46. The molecular weight excluding hydrogens is 220 g/mol. The molecule has 0 fully saturated rings. The van der Waals surface area contributed by atoms with Crippen LogP contribution in [0.25, 0.3) is 0 Å². The van der Waals surface area contributed by atoms with Crippen LogP contribution in [0, 0.1) is 11.3 Å². The van der Waals surface area contributed by atoms with Gasteiger partial charge in [-0.2, -0.15) is 5.26 Å². The molecule has 5 heteroatoms. The molecule has 17 heavy (non-hydrogen) atoms. The summed E-state index contributed by atoms with van der Waals surface area (Å²) in [6.07, 6.45) is 0. The van der Waals surface area contributed by atoms with E-state index in [-0.39, 0.29) is 0 Å². The first-order chi connectivity index (χ1) is 8.23. The Bertz CT molecular complexity index is 426. The number of hydrogen-bond donors (Lipinski definition) is 1. The van der Waals surface area contributed by atoms with Crippen molar-refractivity contribution in [3.05, 3.63) is 17.7 Å². The van der Waals surface area contributed by atoms with Gasteiger partial charge in [-0.05, 0) is 19.2 Å². The molecule has 0 saturated heterocycles. The van der Waals surface area contributed by atoms with Gasteiger partial charge in [0.1, 0.15) is 6.04 Å².